The second-order valence-corrected chi connectivity index (χ2v) is 5.90. The van der Waals surface area contributed by atoms with E-state index in [4.69, 9.17) is 0 Å². The fourth-order valence-electron chi connectivity index (χ4n) is 3.54. The second-order valence-electron chi connectivity index (χ2n) is 5.90. The maximum atomic E-state index is 13.9. The predicted octanol–water partition coefficient (Wildman–Crippen LogP) is 2.28. The number of benzene rings is 1. The summed E-state index contributed by atoms with van der Waals surface area (Å²) in [6, 6.07) is 4.40. The van der Waals surface area contributed by atoms with Crippen molar-refractivity contribution in [2.24, 2.45) is 0 Å². The molecular formula is C16H21FN2O2. The molecule has 2 aliphatic rings. The van der Waals surface area contributed by atoms with Crippen molar-refractivity contribution in [3.63, 3.8) is 0 Å². The lowest BCUT2D eigenvalue weighted by molar-refractivity contribution is 0.0555. The topological polar surface area (TPSA) is 52.6 Å². The molecule has 0 spiro atoms. The Bertz CT molecular complexity index is 509. The zero-order chi connectivity index (χ0) is 14.8. The summed E-state index contributed by atoms with van der Waals surface area (Å²) in [7, 11) is 0. The number of carbonyl (C=O) groups is 1. The monoisotopic (exact) mass is 292 g/mol. The second kappa shape index (κ2) is 6.02. The van der Waals surface area contributed by atoms with Crippen molar-refractivity contribution < 1.29 is 14.3 Å². The number of piperidine rings is 1. The van der Waals surface area contributed by atoms with Crippen molar-refractivity contribution in [3.8, 4) is 5.75 Å². The standard InChI is InChI=1S/C16H21FN2O2/c17-11-5-3-8-14(20)15(11)16(21)19-10-2-1-7-13(19)12-6-4-9-18-12/h3,5,8,12-13,18,20H,1-2,4,6-7,9-10H2. The lowest BCUT2D eigenvalue weighted by Crippen LogP contribution is -2.52. The number of amides is 1. The minimum absolute atomic E-state index is 0.104. The van der Waals surface area contributed by atoms with E-state index in [1.807, 2.05) is 0 Å². The number of likely N-dealkylation sites (tertiary alicyclic amines) is 1. The van der Waals surface area contributed by atoms with Crippen LogP contribution < -0.4 is 5.32 Å². The Morgan fingerprint density at radius 3 is 2.86 bits per heavy atom. The fourth-order valence-corrected chi connectivity index (χ4v) is 3.54. The number of aromatic hydroxyl groups is 1. The summed E-state index contributed by atoms with van der Waals surface area (Å²) in [5.41, 5.74) is -0.192. The number of halogens is 1. The highest BCUT2D eigenvalue weighted by Crippen LogP contribution is 2.29. The van der Waals surface area contributed by atoms with Crippen molar-refractivity contribution in [2.75, 3.05) is 13.1 Å². The molecule has 2 saturated heterocycles. The number of nitrogens with zero attached hydrogens (tertiary/aromatic N) is 1. The number of hydrogen-bond donors (Lipinski definition) is 2. The zero-order valence-corrected chi connectivity index (χ0v) is 12.0. The first-order chi connectivity index (χ1) is 10.2. The maximum absolute atomic E-state index is 13.9. The molecule has 21 heavy (non-hydrogen) atoms. The van der Waals surface area contributed by atoms with Crippen LogP contribution in [0.3, 0.4) is 0 Å². The van der Waals surface area contributed by atoms with E-state index in [0.717, 1.165) is 38.6 Å². The van der Waals surface area contributed by atoms with Gasteiger partial charge in [0.2, 0.25) is 0 Å². The molecule has 2 heterocycles. The van der Waals surface area contributed by atoms with Crippen LogP contribution in [-0.4, -0.2) is 41.1 Å². The predicted molar refractivity (Wildman–Crippen MR) is 77.8 cm³/mol. The molecule has 2 atom stereocenters. The van der Waals surface area contributed by atoms with E-state index in [1.165, 1.54) is 18.2 Å². The van der Waals surface area contributed by atoms with Gasteiger partial charge in [-0.3, -0.25) is 4.79 Å². The Labute approximate surface area is 124 Å². The van der Waals surface area contributed by atoms with Crippen LogP contribution >= 0.6 is 0 Å². The quantitative estimate of drug-likeness (QED) is 0.879. The lowest BCUT2D eigenvalue weighted by atomic mass is 9.93. The van der Waals surface area contributed by atoms with Gasteiger partial charge in [0.25, 0.3) is 5.91 Å². The molecule has 5 heteroatoms. The number of rotatable bonds is 2. The van der Waals surface area contributed by atoms with Gasteiger partial charge in [0.1, 0.15) is 17.1 Å². The molecule has 1 amide bonds. The number of nitrogens with one attached hydrogen (secondary N) is 1. The average molecular weight is 292 g/mol. The molecule has 0 bridgehead atoms. The van der Waals surface area contributed by atoms with Gasteiger partial charge in [-0.05, 0) is 50.8 Å². The van der Waals surface area contributed by atoms with Crippen LogP contribution in [0.5, 0.6) is 5.75 Å². The molecule has 1 aromatic carbocycles. The first-order valence-electron chi connectivity index (χ1n) is 7.70. The Morgan fingerprint density at radius 2 is 2.14 bits per heavy atom. The van der Waals surface area contributed by atoms with Gasteiger partial charge in [-0.1, -0.05) is 6.07 Å². The molecule has 2 fully saturated rings. The Hall–Kier alpha value is -1.62. The highest BCUT2D eigenvalue weighted by Gasteiger charge is 2.36. The van der Waals surface area contributed by atoms with E-state index in [1.54, 1.807) is 4.90 Å². The van der Waals surface area contributed by atoms with Gasteiger partial charge in [-0.2, -0.15) is 0 Å². The highest BCUT2D eigenvalue weighted by molar-refractivity contribution is 5.97. The van der Waals surface area contributed by atoms with Crippen LogP contribution in [0.4, 0.5) is 4.39 Å². The third-order valence-corrected chi connectivity index (χ3v) is 4.58. The summed E-state index contributed by atoms with van der Waals surface area (Å²) in [6.07, 6.45) is 5.14. The van der Waals surface area contributed by atoms with Crippen molar-refractivity contribution in [1.29, 1.82) is 0 Å². The largest absolute Gasteiger partial charge is 0.507 e. The molecule has 2 N–H and O–H groups in total. The summed E-state index contributed by atoms with van der Waals surface area (Å²) in [5.74, 6) is -1.31. The van der Waals surface area contributed by atoms with Gasteiger partial charge in [-0.25, -0.2) is 4.39 Å². The lowest BCUT2D eigenvalue weighted by Gasteiger charge is -2.39. The third-order valence-electron chi connectivity index (χ3n) is 4.58. The van der Waals surface area contributed by atoms with Crippen LogP contribution in [0.1, 0.15) is 42.5 Å². The molecule has 2 unspecified atom stereocenters. The summed E-state index contributed by atoms with van der Waals surface area (Å²) < 4.78 is 13.9. The number of phenols is 1. The van der Waals surface area contributed by atoms with Crippen molar-refractivity contribution >= 4 is 5.91 Å². The molecule has 0 aromatic heterocycles. The Morgan fingerprint density at radius 1 is 1.29 bits per heavy atom. The Balaban J connectivity index is 1.87. The molecular weight excluding hydrogens is 271 g/mol. The molecule has 0 saturated carbocycles. The van der Waals surface area contributed by atoms with Gasteiger partial charge < -0.3 is 15.3 Å². The number of phenolic OH excluding ortho intramolecular Hbond substituents is 1. The van der Waals surface area contributed by atoms with Gasteiger partial charge in [0.05, 0.1) is 0 Å². The number of carbonyl (C=O) groups excluding carboxylic acids is 1. The van der Waals surface area contributed by atoms with Crippen molar-refractivity contribution in [2.45, 2.75) is 44.2 Å². The summed E-state index contributed by atoms with van der Waals surface area (Å²) in [4.78, 5) is 14.5. The first kappa shape index (κ1) is 14.3. The minimum Gasteiger partial charge on any atom is -0.507 e. The van der Waals surface area contributed by atoms with Crippen LogP contribution in [0.2, 0.25) is 0 Å². The Kier molecular flexibility index (Phi) is 4.10. The average Bonchev–Trinajstić information content (AvgIpc) is 3.01. The van der Waals surface area contributed by atoms with E-state index < -0.39 is 5.82 Å². The van der Waals surface area contributed by atoms with Gasteiger partial charge in [0, 0.05) is 18.6 Å². The van der Waals surface area contributed by atoms with Gasteiger partial charge in [-0.15, -0.1) is 0 Å². The van der Waals surface area contributed by atoms with Gasteiger partial charge >= 0.3 is 0 Å². The zero-order valence-electron chi connectivity index (χ0n) is 12.0. The smallest absolute Gasteiger partial charge is 0.260 e. The van der Waals surface area contributed by atoms with E-state index in [2.05, 4.69) is 5.32 Å². The van der Waals surface area contributed by atoms with Crippen LogP contribution in [0.25, 0.3) is 0 Å². The van der Waals surface area contributed by atoms with Crippen molar-refractivity contribution in [1.82, 2.24) is 10.2 Å². The minimum atomic E-state index is -0.649. The molecule has 4 nitrogen and oxygen atoms in total. The molecule has 3 rings (SSSR count). The van der Waals surface area contributed by atoms with E-state index >= 15 is 0 Å². The van der Waals surface area contributed by atoms with E-state index in [-0.39, 0.29) is 23.3 Å². The van der Waals surface area contributed by atoms with Gasteiger partial charge in [0.15, 0.2) is 0 Å². The van der Waals surface area contributed by atoms with E-state index in [9.17, 15) is 14.3 Å². The van der Waals surface area contributed by atoms with E-state index in [0.29, 0.717) is 12.6 Å². The summed E-state index contributed by atoms with van der Waals surface area (Å²) in [5, 5.41) is 13.3. The van der Waals surface area contributed by atoms with Crippen LogP contribution in [0, 0.1) is 5.82 Å². The highest BCUT2D eigenvalue weighted by atomic mass is 19.1. The van der Waals surface area contributed by atoms with Crippen molar-refractivity contribution in [3.05, 3.63) is 29.6 Å². The third kappa shape index (κ3) is 2.75. The first-order valence-corrected chi connectivity index (χ1v) is 7.70. The normalized spacial score (nSPS) is 26.0. The SMILES string of the molecule is O=C(c1c(O)cccc1F)N1CCCCC1C1CCCN1. The number of hydrogen-bond acceptors (Lipinski definition) is 3. The molecule has 1 aromatic rings. The summed E-state index contributed by atoms with van der Waals surface area (Å²) >= 11 is 0. The maximum Gasteiger partial charge on any atom is 0.260 e. The molecule has 0 radical (unpaired) electrons. The molecule has 114 valence electrons. The van der Waals surface area contributed by atoms with Crippen LogP contribution in [0.15, 0.2) is 18.2 Å². The molecule has 2 aliphatic heterocycles. The molecule has 0 aliphatic carbocycles. The summed E-state index contributed by atoms with van der Waals surface area (Å²) in [6.45, 7) is 1.61. The fraction of sp³-hybridized carbons (Fsp3) is 0.562. The van der Waals surface area contributed by atoms with Crippen LogP contribution in [-0.2, 0) is 0 Å².